The van der Waals surface area contributed by atoms with Crippen LogP contribution in [0.4, 0.5) is 0 Å². The molecule has 0 aliphatic carbocycles. The molecule has 1 rings (SSSR count). The first-order valence-electron chi connectivity index (χ1n) is 6.50. The van der Waals surface area contributed by atoms with Gasteiger partial charge in [-0.3, -0.25) is 9.59 Å². The molecule has 0 aliphatic heterocycles. The lowest BCUT2D eigenvalue weighted by Crippen LogP contribution is -2.39. The van der Waals surface area contributed by atoms with Crippen LogP contribution in [0.15, 0.2) is 29.4 Å². The van der Waals surface area contributed by atoms with E-state index in [0.29, 0.717) is 13.2 Å². The molecule has 1 aromatic rings. The van der Waals surface area contributed by atoms with Crippen molar-refractivity contribution >= 4 is 18.0 Å². The second kappa shape index (κ2) is 9.49. The minimum absolute atomic E-state index is 0.269. The number of benzene rings is 1. The number of hydrazone groups is 1. The summed E-state index contributed by atoms with van der Waals surface area (Å²) in [7, 11) is 1.51. The van der Waals surface area contributed by atoms with Crippen molar-refractivity contribution in [1.29, 1.82) is 0 Å². The minimum atomic E-state index is -0.826. The number of ether oxygens (including phenoxy) is 2. The Kier molecular flexibility index (Phi) is 7.52. The molecule has 0 spiro atoms. The summed E-state index contributed by atoms with van der Waals surface area (Å²) in [5, 5.41) is 6.10. The summed E-state index contributed by atoms with van der Waals surface area (Å²) in [5.41, 5.74) is 2.92. The third-order valence-corrected chi connectivity index (χ3v) is 2.37. The predicted molar refractivity (Wildman–Crippen MR) is 78.2 cm³/mol. The molecule has 114 valence electrons. The fraction of sp³-hybridized carbons (Fsp3) is 0.357. The second-order valence-corrected chi connectivity index (χ2v) is 3.95. The van der Waals surface area contributed by atoms with Crippen molar-refractivity contribution in [3.63, 3.8) is 0 Å². The van der Waals surface area contributed by atoms with Crippen LogP contribution in [0.5, 0.6) is 5.75 Å². The van der Waals surface area contributed by atoms with Crippen LogP contribution in [0.3, 0.4) is 0 Å². The Morgan fingerprint density at radius 3 is 2.57 bits per heavy atom. The van der Waals surface area contributed by atoms with E-state index in [2.05, 4.69) is 15.8 Å². The van der Waals surface area contributed by atoms with Crippen LogP contribution in [0, 0.1) is 0 Å². The highest BCUT2D eigenvalue weighted by Gasteiger charge is 2.10. The Morgan fingerprint density at radius 2 is 1.95 bits per heavy atom. The number of rotatable bonds is 7. The number of amides is 2. The molecular formula is C14H19N3O4. The number of hydrogen-bond acceptors (Lipinski definition) is 5. The molecule has 1 aromatic carbocycles. The van der Waals surface area contributed by atoms with E-state index in [-0.39, 0.29) is 6.54 Å². The maximum Gasteiger partial charge on any atom is 0.329 e. The first-order valence-corrected chi connectivity index (χ1v) is 6.50. The van der Waals surface area contributed by atoms with Crippen LogP contribution < -0.4 is 15.5 Å². The van der Waals surface area contributed by atoms with E-state index in [4.69, 9.17) is 9.47 Å². The van der Waals surface area contributed by atoms with Gasteiger partial charge in [0.2, 0.25) is 0 Å². The Labute approximate surface area is 123 Å². The van der Waals surface area contributed by atoms with Crippen molar-refractivity contribution in [3.8, 4) is 5.75 Å². The number of carbonyl (C=O) groups is 2. The summed E-state index contributed by atoms with van der Waals surface area (Å²) >= 11 is 0. The molecule has 0 fully saturated rings. The highest BCUT2D eigenvalue weighted by atomic mass is 16.5. The van der Waals surface area contributed by atoms with E-state index in [1.54, 1.807) is 24.3 Å². The fourth-order valence-electron chi connectivity index (χ4n) is 1.38. The van der Waals surface area contributed by atoms with Crippen LogP contribution in [0.25, 0.3) is 0 Å². The normalized spacial score (nSPS) is 10.4. The topological polar surface area (TPSA) is 89.0 Å². The molecule has 0 atom stereocenters. The van der Waals surface area contributed by atoms with Gasteiger partial charge >= 0.3 is 11.8 Å². The third-order valence-electron chi connectivity index (χ3n) is 2.37. The first kappa shape index (κ1) is 16.6. The average molecular weight is 293 g/mol. The number of carbonyl (C=O) groups excluding carboxylic acids is 2. The SMILES string of the molecule is CCOc1ccc(/C=N/NC(=O)C(=O)NCCOC)cc1. The monoisotopic (exact) mass is 293 g/mol. The van der Waals surface area contributed by atoms with Gasteiger partial charge in [0.1, 0.15) is 5.75 Å². The summed E-state index contributed by atoms with van der Waals surface area (Å²) in [6.07, 6.45) is 1.44. The molecule has 21 heavy (non-hydrogen) atoms. The van der Waals surface area contributed by atoms with Crippen LogP contribution >= 0.6 is 0 Å². The lowest BCUT2D eigenvalue weighted by atomic mass is 10.2. The van der Waals surface area contributed by atoms with Crippen LogP contribution in [-0.4, -0.2) is 44.9 Å². The molecule has 0 bridgehead atoms. The lowest BCUT2D eigenvalue weighted by Gasteiger charge is -2.03. The smallest absolute Gasteiger partial charge is 0.329 e. The van der Waals surface area contributed by atoms with E-state index in [0.717, 1.165) is 11.3 Å². The van der Waals surface area contributed by atoms with Gasteiger partial charge in [0.25, 0.3) is 0 Å². The molecule has 0 radical (unpaired) electrons. The Hall–Kier alpha value is -2.41. The maximum absolute atomic E-state index is 11.4. The van der Waals surface area contributed by atoms with Crippen molar-refractivity contribution in [2.45, 2.75) is 6.92 Å². The van der Waals surface area contributed by atoms with Gasteiger partial charge in [0.15, 0.2) is 0 Å². The van der Waals surface area contributed by atoms with Crippen LogP contribution in [-0.2, 0) is 14.3 Å². The third kappa shape index (κ3) is 6.53. The zero-order valence-corrected chi connectivity index (χ0v) is 12.1. The number of nitrogens with one attached hydrogen (secondary N) is 2. The summed E-state index contributed by atoms with van der Waals surface area (Å²) < 4.78 is 10.1. The molecule has 0 unspecified atom stereocenters. The van der Waals surface area contributed by atoms with E-state index in [9.17, 15) is 9.59 Å². The summed E-state index contributed by atoms with van der Waals surface area (Å²) in [6.45, 7) is 3.12. The molecule has 0 aromatic heterocycles. The lowest BCUT2D eigenvalue weighted by molar-refractivity contribution is -0.139. The Morgan fingerprint density at radius 1 is 1.24 bits per heavy atom. The van der Waals surface area contributed by atoms with Crippen molar-refractivity contribution in [1.82, 2.24) is 10.7 Å². The largest absolute Gasteiger partial charge is 0.494 e. The van der Waals surface area contributed by atoms with Gasteiger partial charge in [-0.2, -0.15) is 5.10 Å². The van der Waals surface area contributed by atoms with E-state index >= 15 is 0 Å². The molecule has 2 N–H and O–H groups in total. The molecule has 7 nitrogen and oxygen atoms in total. The molecular weight excluding hydrogens is 274 g/mol. The van der Waals surface area contributed by atoms with Crippen molar-refractivity contribution in [3.05, 3.63) is 29.8 Å². The summed E-state index contributed by atoms with van der Waals surface area (Å²) in [6, 6.07) is 7.17. The van der Waals surface area contributed by atoms with Gasteiger partial charge in [0.05, 0.1) is 19.4 Å². The summed E-state index contributed by atoms with van der Waals surface area (Å²) in [4.78, 5) is 22.7. The molecule has 7 heteroatoms. The van der Waals surface area contributed by atoms with Gasteiger partial charge < -0.3 is 14.8 Å². The Balaban J connectivity index is 2.39. The van der Waals surface area contributed by atoms with Gasteiger partial charge in [0, 0.05) is 13.7 Å². The van der Waals surface area contributed by atoms with E-state index in [1.165, 1.54) is 13.3 Å². The first-order chi connectivity index (χ1) is 10.2. The predicted octanol–water partition coefficient (Wildman–Crippen LogP) is 0.298. The van der Waals surface area contributed by atoms with Gasteiger partial charge in [-0.05, 0) is 36.8 Å². The second-order valence-electron chi connectivity index (χ2n) is 3.95. The summed E-state index contributed by atoms with van der Waals surface area (Å²) in [5.74, 6) is -0.819. The average Bonchev–Trinajstić information content (AvgIpc) is 2.49. The highest BCUT2D eigenvalue weighted by molar-refractivity contribution is 6.35. The quantitative estimate of drug-likeness (QED) is 0.327. The number of hydrogen-bond donors (Lipinski definition) is 2. The number of nitrogens with zero attached hydrogens (tertiary/aromatic N) is 1. The maximum atomic E-state index is 11.4. The van der Waals surface area contributed by atoms with Gasteiger partial charge in [-0.15, -0.1) is 0 Å². The molecule has 2 amide bonds. The van der Waals surface area contributed by atoms with Gasteiger partial charge in [-0.25, -0.2) is 5.43 Å². The highest BCUT2D eigenvalue weighted by Crippen LogP contribution is 2.10. The molecule has 0 saturated carbocycles. The van der Waals surface area contributed by atoms with Gasteiger partial charge in [-0.1, -0.05) is 0 Å². The minimum Gasteiger partial charge on any atom is -0.494 e. The fourth-order valence-corrected chi connectivity index (χ4v) is 1.38. The van der Waals surface area contributed by atoms with E-state index in [1.807, 2.05) is 6.92 Å². The standard InChI is InChI=1S/C14H19N3O4/c1-3-21-12-6-4-11(5-7-12)10-16-17-14(19)13(18)15-8-9-20-2/h4-7,10H,3,8-9H2,1-2H3,(H,15,18)(H,17,19)/b16-10+. The van der Waals surface area contributed by atoms with Crippen LogP contribution in [0.2, 0.25) is 0 Å². The van der Waals surface area contributed by atoms with Crippen LogP contribution in [0.1, 0.15) is 12.5 Å². The zero-order valence-electron chi connectivity index (χ0n) is 12.1. The van der Waals surface area contributed by atoms with Crippen molar-refractivity contribution in [2.24, 2.45) is 5.10 Å². The Bertz CT molecular complexity index is 485. The molecule has 0 heterocycles. The zero-order chi connectivity index (χ0) is 15.5. The molecule has 0 saturated heterocycles. The molecule has 0 aliphatic rings. The number of methoxy groups -OCH3 is 1. The van der Waals surface area contributed by atoms with E-state index < -0.39 is 11.8 Å². The van der Waals surface area contributed by atoms with Crippen molar-refractivity contribution < 1.29 is 19.1 Å². The van der Waals surface area contributed by atoms with Crippen molar-refractivity contribution in [2.75, 3.05) is 26.9 Å².